The normalized spacial score (nSPS) is 13.3. The van der Waals surface area contributed by atoms with Gasteiger partial charge in [0.1, 0.15) is 5.75 Å². The molecule has 19 heavy (non-hydrogen) atoms. The lowest BCUT2D eigenvalue weighted by molar-refractivity contribution is 0.344. The third kappa shape index (κ3) is 7.00. The minimum atomic E-state index is 0.455. The van der Waals surface area contributed by atoms with E-state index in [1.807, 2.05) is 0 Å². The Morgan fingerprint density at radius 2 is 1.79 bits per heavy atom. The van der Waals surface area contributed by atoms with Crippen molar-refractivity contribution < 1.29 is 4.74 Å². The lowest BCUT2D eigenvalue weighted by Crippen LogP contribution is -2.10. The first-order chi connectivity index (χ1) is 8.94. The Morgan fingerprint density at radius 1 is 1.16 bits per heavy atom. The SMILES string of the molecule is COc1ccc(CC(CBr)CCCC(C)(C)C)cc1. The Morgan fingerprint density at radius 3 is 2.26 bits per heavy atom. The summed E-state index contributed by atoms with van der Waals surface area (Å²) in [4.78, 5) is 0. The average molecular weight is 327 g/mol. The van der Waals surface area contributed by atoms with Gasteiger partial charge in [-0.3, -0.25) is 0 Å². The summed E-state index contributed by atoms with van der Waals surface area (Å²) in [5.41, 5.74) is 1.86. The molecule has 0 aliphatic heterocycles. The van der Waals surface area contributed by atoms with Crippen molar-refractivity contribution in [3.05, 3.63) is 29.8 Å². The topological polar surface area (TPSA) is 9.23 Å². The molecule has 1 rings (SSSR count). The van der Waals surface area contributed by atoms with Crippen LogP contribution in [0.2, 0.25) is 0 Å². The van der Waals surface area contributed by atoms with E-state index in [0.717, 1.165) is 23.4 Å². The van der Waals surface area contributed by atoms with Gasteiger partial charge in [-0.15, -0.1) is 0 Å². The van der Waals surface area contributed by atoms with Crippen molar-refractivity contribution in [3.8, 4) is 5.75 Å². The fourth-order valence-corrected chi connectivity index (χ4v) is 2.80. The van der Waals surface area contributed by atoms with Gasteiger partial charge in [-0.2, -0.15) is 0 Å². The van der Waals surface area contributed by atoms with Crippen LogP contribution in [0.5, 0.6) is 5.75 Å². The highest BCUT2D eigenvalue weighted by Gasteiger charge is 2.13. The first-order valence-electron chi connectivity index (χ1n) is 7.13. The highest BCUT2D eigenvalue weighted by Crippen LogP contribution is 2.25. The first kappa shape index (κ1) is 16.6. The monoisotopic (exact) mass is 326 g/mol. The summed E-state index contributed by atoms with van der Waals surface area (Å²) < 4.78 is 5.19. The molecule has 1 aromatic carbocycles. The summed E-state index contributed by atoms with van der Waals surface area (Å²) in [5, 5.41) is 1.09. The zero-order valence-electron chi connectivity index (χ0n) is 12.7. The smallest absolute Gasteiger partial charge is 0.118 e. The molecular formula is C17H27BrO. The van der Waals surface area contributed by atoms with E-state index < -0.39 is 0 Å². The molecule has 0 fully saturated rings. The highest BCUT2D eigenvalue weighted by molar-refractivity contribution is 9.09. The van der Waals surface area contributed by atoms with Crippen molar-refractivity contribution in [2.24, 2.45) is 11.3 Å². The van der Waals surface area contributed by atoms with E-state index in [2.05, 4.69) is 61.0 Å². The zero-order chi connectivity index (χ0) is 14.3. The van der Waals surface area contributed by atoms with Crippen molar-refractivity contribution in [1.29, 1.82) is 0 Å². The third-order valence-corrected chi connectivity index (χ3v) is 4.36. The number of hydrogen-bond acceptors (Lipinski definition) is 1. The van der Waals surface area contributed by atoms with Crippen LogP contribution in [-0.4, -0.2) is 12.4 Å². The summed E-state index contributed by atoms with van der Waals surface area (Å²) >= 11 is 3.66. The van der Waals surface area contributed by atoms with Crippen LogP contribution >= 0.6 is 15.9 Å². The van der Waals surface area contributed by atoms with E-state index in [9.17, 15) is 0 Å². The third-order valence-electron chi connectivity index (χ3n) is 3.44. The molecule has 0 aromatic heterocycles. The lowest BCUT2D eigenvalue weighted by Gasteiger charge is -2.20. The van der Waals surface area contributed by atoms with Crippen LogP contribution in [-0.2, 0) is 6.42 Å². The Kier molecular flexibility index (Phi) is 6.92. The van der Waals surface area contributed by atoms with E-state index in [1.165, 1.54) is 24.8 Å². The van der Waals surface area contributed by atoms with E-state index in [4.69, 9.17) is 4.74 Å². The Balaban J connectivity index is 2.42. The molecule has 0 saturated carbocycles. The van der Waals surface area contributed by atoms with Crippen molar-refractivity contribution in [1.82, 2.24) is 0 Å². The second-order valence-corrected chi connectivity index (χ2v) is 7.17. The van der Waals surface area contributed by atoms with Crippen LogP contribution in [0.4, 0.5) is 0 Å². The number of hydrogen-bond donors (Lipinski definition) is 0. The quantitative estimate of drug-likeness (QED) is 0.604. The second kappa shape index (κ2) is 7.94. The maximum absolute atomic E-state index is 5.19. The zero-order valence-corrected chi connectivity index (χ0v) is 14.3. The van der Waals surface area contributed by atoms with Gasteiger partial charge < -0.3 is 4.74 Å². The van der Waals surface area contributed by atoms with Gasteiger partial charge >= 0.3 is 0 Å². The molecule has 0 spiro atoms. The minimum Gasteiger partial charge on any atom is -0.497 e. The van der Waals surface area contributed by atoms with Crippen LogP contribution in [0.1, 0.15) is 45.6 Å². The highest BCUT2D eigenvalue weighted by atomic mass is 79.9. The second-order valence-electron chi connectivity index (χ2n) is 6.53. The summed E-state index contributed by atoms with van der Waals surface area (Å²) in [5.74, 6) is 1.67. The molecule has 0 heterocycles. The summed E-state index contributed by atoms with van der Waals surface area (Å²) in [6, 6.07) is 8.46. The number of halogens is 1. The fourth-order valence-electron chi connectivity index (χ4n) is 2.25. The van der Waals surface area contributed by atoms with Crippen molar-refractivity contribution in [2.75, 3.05) is 12.4 Å². The fraction of sp³-hybridized carbons (Fsp3) is 0.647. The van der Waals surface area contributed by atoms with Gasteiger partial charge in [0.15, 0.2) is 0 Å². The van der Waals surface area contributed by atoms with E-state index in [1.54, 1.807) is 7.11 Å². The van der Waals surface area contributed by atoms with Gasteiger partial charge in [0.2, 0.25) is 0 Å². The molecule has 1 atom stereocenters. The predicted octanol–water partition coefficient (Wildman–Crippen LogP) is 5.47. The molecule has 0 N–H and O–H groups in total. The van der Waals surface area contributed by atoms with Gasteiger partial charge in [0, 0.05) is 5.33 Å². The van der Waals surface area contributed by atoms with Crippen molar-refractivity contribution in [3.63, 3.8) is 0 Å². The molecule has 0 aliphatic carbocycles. The van der Waals surface area contributed by atoms with Gasteiger partial charge in [-0.25, -0.2) is 0 Å². The first-order valence-corrected chi connectivity index (χ1v) is 8.25. The molecule has 1 unspecified atom stereocenters. The van der Waals surface area contributed by atoms with E-state index in [-0.39, 0.29) is 0 Å². The van der Waals surface area contributed by atoms with Crippen molar-refractivity contribution in [2.45, 2.75) is 46.5 Å². The van der Waals surface area contributed by atoms with Crippen molar-refractivity contribution >= 4 is 15.9 Å². The molecule has 108 valence electrons. The van der Waals surface area contributed by atoms with E-state index >= 15 is 0 Å². The number of rotatable bonds is 7. The molecule has 0 bridgehead atoms. The maximum atomic E-state index is 5.19. The van der Waals surface area contributed by atoms with E-state index in [0.29, 0.717) is 5.41 Å². The Bertz CT molecular complexity index is 351. The van der Waals surface area contributed by atoms with Gasteiger partial charge in [-0.1, -0.05) is 55.3 Å². The maximum Gasteiger partial charge on any atom is 0.118 e. The van der Waals surface area contributed by atoms with Crippen LogP contribution < -0.4 is 4.74 Å². The van der Waals surface area contributed by atoms with Crippen LogP contribution in [0, 0.1) is 11.3 Å². The lowest BCUT2D eigenvalue weighted by atomic mass is 9.87. The minimum absolute atomic E-state index is 0.455. The standard InChI is InChI=1S/C17H27BrO/c1-17(2,3)11-5-6-15(13-18)12-14-7-9-16(19-4)10-8-14/h7-10,15H,5-6,11-13H2,1-4H3. The molecule has 0 saturated heterocycles. The molecule has 2 heteroatoms. The number of benzene rings is 1. The Labute approximate surface area is 126 Å². The molecule has 0 amide bonds. The molecule has 0 aliphatic rings. The number of ether oxygens (including phenoxy) is 1. The molecule has 1 nitrogen and oxygen atoms in total. The largest absolute Gasteiger partial charge is 0.497 e. The van der Waals surface area contributed by atoms with Gasteiger partial charge in [-0.05, 0) is 48.3 Å². The van der Waals surface area contributed by atoms with Crippen LogP contribution in [0.25, 0.3) is 0 Å². The number of alkyl halides is 1. The van der Waals surface area contributed by atoms with Crippen LogP contribution in [0.15, 0.2) is 24.3 Å². The molecule has 0 radical (unpaired) electrons. The predicted molar refractivity (Wildman–Crippen MR) is 87.3 cm³/mol. The molecule has 1 aromatic rings. The summed E-state index contributed by atoms with van der Waals surface area (Å²) in [6.07, 6.45) is 5.07. The van der Waals surface area contributed by atoms with Crippen LogP contribution in [0.3, 0.4) is 0 Å². The molecular weight excluding hydrogens is 300 g/mol. The van der Waals surface area contributed by atoms with Gasteiger partial charge in [0.25, 0.3) is 0 Å². The van der Waals surface area contributed by atoms with Gasteiger partial charge in [0.05, 0.1) is 7.11 Å². The average Bonchev–Trinajstić information content (AvgIpc) is 2.37. The number of methoxy groups -OCH3 is 1. The summed E-state index contributed by atoms with van der Waals surface area (Å²) in [6.45, 7) is 6.96. The summed E-state index contributed by atoms with van der Waals surface area (Å²) in [7, 11) is 1.71. The Hall–Kier alpha value is -0.500.